The summed E-state index contributed by atoms with van der Waals surface area (Å²) in [6, 6.07) is 79.8. The van der Waals surface area contributed by atoms with Gasteiger partial charge in [0.25, 0.3) is 0 Å². The van der Waals surface area contributed by atoms with Crippen LogP contribution in [0.1, 0.15) is 39.8 Å². The summed E-state index contributed by atoms with van der Waals surface area (Å²) in [6.45, 7) is 45.6. The fourth-order valence-electron chi connectivity index (χ4n) is 4.26. The van der Waals surface area contributed by atoms with Crippen molar-refractivity contribution in [1.82, 2.24) is 0 Å². The van der Waals surface area contributed by atoms with E-state index in [1.165, 1.54) is 59.4 Å². The van der Waals surface area contributed by atoms with E-state index < -0.39 is 0 Å². The van der Waals surface area contributed by atoms with Crippen molar-refractivity contribution in [3.63, 3.8) is 0 Å². The topological polar surface area (TPSA) is 0 Å². The molecule has 0 nitrogen and oxygen atoms in total. The molecule has 8 heteroatoms. The number of hydrogen-bond donors (Lipinski definition) is 0. The molecule has 0 heterocycles. The Morgan fingerprint density at radius 1 is 0.284 bits per heavy atom. The molecule has 0 aliphatic rings. The maximum absolute atomic E-state index is 5.19. The summed E-state index contributed by atoms with van der Waals surface area (Å²) in [5, 5.41) is 2.62. The van der Waals surface area contributed by atoms with Crippen molar-refractivity contribution >= 4 is 52.0 Å². The minimum Gasteiger partial charge on any atom is -0.344 e. The molecule has 0 atom stereocenters. The van der Waals surface area contributed by atoms with Crippen LogP contribution in [-0.4, -0.2) is 4.73 Å². The van der Waals surface area contributed by atoms with Crippen LogP contribution in [0.5, 0.6) is 0 Å². The molecule has 8 aromatic rings. The summed E-state index contributed by atoms with van der Waals surface area (Å²) >= 11 is 2.34. The monoisotopic (exact) mass is 1250 g/mol. The summed E-state index contributed by atoms with van der Waals surface area (Å²) in [5.41, 5.74) is 5.63. The van der Waals surface area contributed by atoms with Gasteiger partial charge in [-0.25, -0.2) is 72.8 Å². The van der Waals surface area contributed by atoms with Crippen LogP contribution in [0.3, 0.4) is 0 Å². The average molecular weight is 1250 g/mol. The fraction of sp³-hybridized carbons (Fsp3) is 0.0152. The Morgan fingerprint density at radius 2 is 0.459 bits per heavy atom. The van der Waals surface area contributed by atoms with Crippen LogP contribution in [0, 0.1) is 95.6 Å². The van der Waals surface area contributed by atoms with Gasteiger partial charge in [0.15, 0.2) is 0 Å². The largest absolute Gasteiger partial charge is 2.00 e. The van der Waals surface area contributed by atoms with E-state index >= 15 is 0 Å². The van der Waals surface area contributed by atoms with Crippen LogP contribution in [0.4, 0.5) is 0 Å². The molecule has 74 heavy (non-hydrogen) atoms. The molecular formula is C66H53V8-. The smallest absolute Gasteiger partial charge is 0.344 e. The van der Waals surface area contributed by atoms with E-state index in [0.717, 1.165) is 39.8 Å². The number of rotatable bonds is 9. The van der Waals surface area contributed by atoms with Gasteiger partial charge in [0.05, 0.1) is 0 Å². The summed E-state index contributed by atoms with van der Waals surface area (Å²) in [7, 11) is 0. The quantitative estimate of drug-likeness (QED) is 0.0998. The van der Waals surface area contributed by atoms with E-state index in [4.69, 9.17) is 59.2 Å². The Bertz CT molecular complexity index is 2080. The van der Waals surface area contributed by atoms with E-state index in [9.17, 15) is 0 Å². The zero-order valence-corrected chi connectivity index (χ0v) is 51.9. The molecule has 358 valence electrons. The first kappa shape index (κ1) is 86.9. The Balaban J connectivity index is -0.000000110. The third-order valence-corrected chi connectivity index (χ3v) is 7.82. The van der Waals surface area contributed by atoms with Gasteiger partial charge in [-0.05, 0) is 10.8 Å². The second-order valence-corrected chi connectivity index (χ2v) is 12.9. The van der Waals surface area contributed by atoms with Gasteiger partial charge in [-0.2, -0.15) is 72.8 Å². The molecule has 8 rings (SSSR count). The SMILES string of the molecule is [CH-]=CC=[CH-].[CH-]=CC[CH]=[V].[CH-]=Cc1[c-]cccc1.[CH-]=Cc1[c-]cccc1.[CH-]=Cc1[c-]cccc1.[CH-]=Cc1[c-]cccc1.[CH-]=Cc1[c-]cccc1.[CH-]=Cc1[c-]cccc1.[V+2].[V+2].[V+2].[V+2].[V+2].[V+2].[V+2].c1ccc2ccccc2c1. The summed E-state index contributed by atoms with van der Waals surface area (Å²) in [4.78, 5) is 0. The molecule has 7 radical (unpaired) electrons. The third-order valence-electron chi connectivity index (χ3n) is 7.49. The molecule has 0 N–H and O–H groups in total. The minimum atomic E-state index is 0. The van der Waals surface area contributed by atoms with Crippen LogP contribution in [0.25, 0.3) is 47.2 Å². The molecule has 0 aliphatic carbocycles. The maximum Gasteiger partial charge on any atom is 2.00 e. The summed E-state index contributed by atoms with van der Waals surface area (Å²) in [5.74, 6) is 0. The zero-order chi connectivity index (χ0) is 49.3. The summed E-state index contributed by atoms with van der Waals surface area (Å²) < 4.78 is 1.94. The van der Waals surface area contributed by atoms with E-state index in [0.29, 0.717) is 0 Å². The molecular weight excluding hydrogens is 1200 g/mol. The minimum absolute atomic E-state index is 0. The van der Waals surface area contributed by atoms with E-state index in [2.05, 4.69) is 102 Å². The first-order valence-corrected chi connectivity index (χ1v) is 21.3. The molecule has 0 saturated heterocycles. The van der Waals surface area contributed by atoms with E-state index in [1.54, 1.807) is 6.08 Å². The molecule has 0 amide bonds. The van der Waals surface area contributed by atoms with Crippen molar-refractivity contribution in [1.29, 1.82) is 0 Å². The van der Waals surface area contributed by atoms with Gasteiger partial charge in [0, 0.05) is 0 Å². The predicted octanol–water partition coefficient (Wildman–Crippen LogP) is 16.1. The Hall–Kier alpha value is -3.77. The van der Waals surface area contributed by atoms with Gasteiger partial charge < -0.3 is 135 Å². The molecule has 0 saturated carbocycles. The van der Waals surface area contributed by atoms with Gasteiger partial charge in [-0.15, -0.1) is 36.4 Å². The zero-order valence-electron chi connectivity index (χ0n) is 40.7. The average Bonchev–Trinajstić information content (AvgIpc) is 3.43. The van der Waals surface area contributed by atoms with Gasteiger partial charge >= 0.3 is 171 Å². The Morgan fingerprint density at radius 3 is 0.541 bits per heavy atom. The molecule has 8 aromatic carbocycles. The van der Waals surface area contributed by atoms with Gasteiger partial charge in [-0.3, -0.25) is 0 Å². The van der Waals surface area contributed by atoms with Crippen LogP contribution in [0.2, 0.25) is 0 Å². The first-order chi connectivity index (χ1) is 32.9. The predicted molar refractivity (Wildman–Crippen MR) is 285 cm³/mol. The number of fused-ring (bicyclic) bond motifs is 1. The van der Waals surface area contributed by atoms with Gasteiger partial charge in [0.1, 0.15) is 0 Å². The number of hydrogen-bond acceptors (Lipinski definition) is 0. The second-order valence-electron chi connectivity index (χ2n) is 12.3. The second kappa shape index (κ2) is 67.2. The first-order valence-electron chi connectivity index (χ1n) is 20.5. The Labute approximate surface area is 540 Å². The Kier molecular flexibility index (Phi) is 79.0. The van der Waals surface area contributed by atoms with Crippen LogP contribution < -0.4 is 0 Å². The van der Waals surface area contributed by atoms with Crippen LogP contribution in [0.15, 0.2) is 212 Å². The van der Waals surface area contributed by atoms with E-state index in [1.807, 2.05) is 150 Å². The molecule has 0 spiro atoms. The number of allylic oxidation sites excluding steroid dienone is 3. The van der Waals surface area contributed by atoms with Crippen molar-refractivity contribution in [3.05, 3.63) is 341 Å². The van der Waals surface area contributed by atoms with Gasteiger partial charge in [-0.1, -0.05) is 48.5 Å². The molecule has 0 fully saturated rings. The van der Waals surface area contributed by atoms with Crippen molar-refractivity contribution in [2.45, 2.75) is 6.42 Å². The fourth-order valence-corrected chi connectivity index (χ4v) is 4.45. The molecule has 0 aliphatic heterocycles. The van der Waals surface area contributed by atoms with Crippen molar-refractivity contribution in [2.24, 2.45) is 0 Å². The van der Waals surface area contributed by atoms with Gasteiger partial charge in [0.2, 0.25) is 0 Å². The third kappa shape index (κ3) is 51.7. The molecule has 0 unspecified atom stereocenters. The van der Waals surface area contributed by atoms with Crippen molar-refractivity contribution in [2.75, 3.05) is 0 Å². The summed E-state index contributed by atoms with van der Waals surface area (Å²) in [6.07, 6.45) is 14.2. The van der Waals surface area contributed by atoms with E-state index in [-0.39, 0.29) is 130 Å². The molecule has 0 bridgehead atoms. The van der Waals surface area contributed by atoms with Crippen LogP contribution in [-0.2, 0) is 147 Å². The van der Waals surface area contributed by atoms with Crippen molar-refractivity contribution in [3.8, 4) is 0 Å². The normalized spacial score (nSPS) is 7.55. The maximum atomic E-state index is 5.19. The van der Waals surface area contributed by atoms with Crippen molar-refractivity contribution < 1.29 is 147 Å². The standard InChI is InChI=1S/C10H8.6C8H6.C4H5.C4H4.8V/c1-2-6-10-8-4-3-7-9(10)5-1;6*1-2-8-6-4-3-5-7-8;2*1-3-4-2;;;;;;;;/h1-8H;6*1-6H;1-3H,4H2;1-4H;;;;;;;;/q;6*-2;-1;-2;;7*+2. The number of benzene rings is 8. The van der Waals surface area contributed by atoms with Crippen LogP contribution >= 0.6 is 0 Å². The molecule has 0 aromatic heterocycles.